The molecule has 0 radical (unpaired) electrons. The van der Waals surface area contributed by atoms with Crippen molar-refractivity contribution in [3.8, 4) is 5.75 Å². The van der Waals surface area contributed by atoms with Crippen molar-refractivity contribution in [2.75, 3.05) is 11.9 Å². The van der Waals surface area contributed by atoms with Crippen LogP contribution in [0.4, 0.5) is 11.4 Å². The zero-order valence-corrected chi connectivity index (χ0v) is 21.9. The highest BCUT2D eigenvalue weighted by molar-refractivity contribution is 8.15. The van der Waals surface area contributed by atoms with Gasteiger partial charge in [-0.25, -0.2) is 4.99 Å². The van der Waals surface area contributed by atoms with E-state index in [1.54, 1.807) is 53.4 Å². The van der Waals surface area contributed by atoms with Gasteiger partial charge in [-0.15, -0.1) is 0 Å². The summed E-state index contributed by atoms with van der Waals surface area (Å²) < 4.78 is 5.59. The van der Waals surface area contributed by atoms with E-state index in [9.17, 15) is 9.59 Å². The highest BCUT2D eigenvalue weighted by Crippen LogP contribution is 2.32. The van der Waals surface area contributed by atoms with Crippen LogP contribution >= 0.6 is 35.0 Å². The summed E-state index contributed by atoms with van der Waals surface area (Å²) in [5.74, 6) is 0.291. The number of hydrogen-bond donors (Lipinski definition) is 1. The molecule has 1 unspecified atom stereocenters. The first kappa shape index (κ1) is 26.1. The lowest BCUT2D eigenvalue weighted by Crippen LogP contribution is -2.44. The van der Waals surface area contributed by atoms with Crippen molar-refractivity contribution in [2.45, 2.75) is 31.6 Å². The molecule has 186 valence electrons. The van der Waals surface area contributed by atoms with Crippen molar-refractivity contribution in [1.29, 1.82) is 0 Å². The standard InChI is InChI=1S/C27H25Cl2N3O3S/c1-2-14-35-23-12-10-21(11-13-23)30-26(34)24-16-25(33)32(17-18-6-8-19(28)9-7-18)27(36-24)31-22-5-3-4-20(29)15-22/h3-13,15,24H,2,14,16-17H2,1H3,(H,30,34). The maximum Gasteiger partial charge on any atom is 0.238 e. The van der Waals surface area contributed by atoms with Crippen molar-refractivity contribution in [3.63, 3.8) is 0 Å². The van der Waals surface area contributed by atoms with E-state index in [-0.39, 0.29) is 18.2 Å². The van der Waals surface area contributed by atoms with Crippen LogP contribution in [0, 0.1) is 0 Å². The number of halogens is 2. The summed E-state index contributed by atoms with van der Waals surface area (Å²) in [6, 6.07) is 21.5. The first-order chi connectivity index (χ1) is 17.4. The van der Waals surface area contributed by atoms with Crippen LogP contribution < -0.4 is 10.1 Å². The monoisotopic (exact) mass is 541 g/mol. The molecule has 3 aromatic rings. The zero-order chi connectivity index (χ0) is 25.5. The van der Waals surface area contributed by atoms with Gasteiger partial charge in [-0.1, -0.05) is 60.1 Å². The number of anilines is 1. The summed E-state index contributed by atoms with van der Waals surface area (Å²) in [6.45, 7) is 2.99. The Morgan fingerprint density at radius 1 is 1.08 bits per heavy atom. The number of rotatable bonds is 8. The molecule has 36 heavy (non-hydrogen) atoms. The van der Waals surface area contributed by atoms with Gasteiger partial charge in [0, 0.05) is 22.2 Å². The van der Waals surface area contributed by atoms with Gasteiger partial charge in [0.15, 0.2) is 5.17 Å². The number of carbonyl (C=O) groups is 2. The Balaban J connectivity index is 1.53. The Labute approximate surface area is 224 Å². The van der Waals surface area contributed by atoms with Crippen LogP contribution in [0.5, 0.6) is 5.75 Å². The molecule has 1 saturated heterocycles. The van der Waals surface area contributed by atoms with Crippen molar-refractivity contribution in [1.82, 2.24) is 4.90 Å². The van der Waals surface area contributed by atoms with E-state index in [4.69, 9.17) is 27.9 Å². The van der Waals surface area contributed by atoms with Gasteiger partial charge in [0.1, 0.15) is 11.0 Å². The molecule has 0 aromatic heterocycles. The number of aliphatic imine (C=N–C) groups is 1. The van der Waals surface area contributed by atoms with Gasteiger partial charge >= 0.3 is 0 Å². The topological polar surface area (TPSA) is 71.0 Å². The molecule has 0 bridgehead atoms. The van der Waals surface area contributed by atoms with Gasteiger partial charge in [-0.3, -0.25) is 14.5 Å². The van der Waals surface area contributed by atoms with E-state index < -0.39 is 5.25 Å². The van der Waals surface area contributed by atoms with E-state index in [1.807, 2.05) is 31.2 Å². The number of nitrogens with zero attached hydrogens (tertiary/aromatic N) is 2. The van der Waals surface area contributed by atoms with E-state index in [0.29, 0.717) is 39.7 Å². The number of nitrogens with one attached hydrogen (secondary N) is 1. The van der Waals surface area contributed by atoms with Crippen molar-refractivity contribution in [2.24, 2.45) is 4.99 Å². The summed E-state index contributed by atoms with van der Waals surface area (Å²) >= 11 is 13.4. The van der Waals surface area contributed by atoms with Crippen LogP contribution in [0.2, 0.25) is 10.0 Å². The number of carbonyl (C=O) groups excluding carboxylic acids is 2. The van der Waals surface area contributed by atoms with Gasteiger partial charge in [0.25, 0.3) is 0 Å². The Morgan fingerprint density at radius 2 is 1.83 bits per heavy atom. The van der Waals surface area contributed by atoms with E-state index in [2.05, 4.69) is 10.3 Å². The summed E-state index contributed by atoms with van der Waals surface area (Å²) in [7, 11) is 0. The Bertz CT molecular complexity index is 1250. The minimum absolute atomic E-state index is 0.0519. The first-order valence-corrected chi connectivity index (χ1v) is 13.1. The summed E-state index contributed by atoms with van der Waals surface area (Å²) in [5.41, 5.74) is 2.14. The fourth-order valence-electron chi connectivity index (χ4n) is 3.50. The molecule has 3 aromatic carbocycles. The molecule has 6 nitrogen and oxygen atoms in total. The van der Waals surface area contributed by atoms with E-state index >= 15 is 0 Å². The molecule has 1 aliphatic rings. The molecule has 4 rings (SSSR count). The minimum Gasteiger partial charge on any atom is -0.494 e. The molecule has 0 aliphatic carbocycles. The average Bonchev–Trinajstić information content (AvgIpc) is 2.86. The van der Waals surface area contributed by atoms with Gasteiger partial charge in [-0.2, -0.15) is 0 Å². The highest BCUT2D eigenvalue weighted by atomic mass is 35.5. The zero-order valence-electron chi connectivity index (χ0n) is 19.6. The fourth-order valence-corrected chi connectivity index (χ4v) is 4.91. The number of amides is 2. The summed E-state index contributed by atoms with van der Waals surface area (Å²) in [6.07, 6.45) is 0.968. The van der Waals surface area contributed by atoms with Crippen LogP contribution in [0.3, 0.4) is 0 Å². The second-order valence-corrected chi connectivity index (χ2v) is 10.2. The number of benzene rings is 3. The number of ether oxygens (including phenoxy) is 1. The smallest absolute Gasteiger partial charge is 0.238 e. The van der Waals surface area contributed by atoms with Crippen LogP contribution in [-0.2, 0) is 16.1 Å². The first-order valence-electron chi connectivity index (χ1n) is 11.5. The Hall–Kier alpha value is -3.00. The molecule has 1 atom stereocenters. The molecule has 2 amide bonds. The largest absolute Gasteiger partial charge is 0.494 e. The number of thioether (sulfide) groups is 1. The molecule has 1 fully saturated rings. The molecule has 1 aliphatic heterocycles. The van der Waals surface area contributed by atoms with Crippen LogP contribution in [0.15, 0.2) is 77.8 Å². The third-order valence-electron chi connectivity index (χ3n) is 5.31. The average molecular weight is 542 g/mol. The van der Waals surface area contributed by atoms with Crippen molar-refractivity contribution < 1.29 is 14.3 Å². The van der Waals surface area contributed by atoms with Crippen LogP contribution in [-0.4, -0.2) is 33.7 Å². The summed E-state index contributed by atoms with van der Waals surface area (Å²) in [5, 5.41) is 3.86. The normalized spacial score (nSPS) is 16.8. The van der Waals surface area contributed by atoms with E-state index in [0.717, 1.165) is 17.7 Å². The Kier molecular flexibility index (Phi) is 8.91. The molecule has 1 heterocycles. The van der Waals surface area contributed by atoms with Gasteiger partial charge in [0.05, 0.1) is 18.8 Å². The predicted molar refractivity (Wildman–Crippen MR) is 147 cm³/mol. The Morgan fingerprint density at radius 3 is 2.53 bits per heavy atom. The van der Waals surface area contributed by atoms with Gasteiger partial charge in [-0.05, 0) is 66.6 Å². The SMILES string of the molecule is CCCOc1ccc(NC(=O)C2CC(=O)N(Cc3ccc(Cl)cc3)C(=Nc3cccc(Cl)c3)S2)cc1. The second-order valence-electron chi connectivity index (χ2n) is 8.15. The van der Waals surface area contributed by atoms with Crippen LogP contribution in [0.1, 0.15) is 25.3 Å². The lowest BCUT2D eigenvalue weighted by molar-refractivity contribution is -0.129. The number of hydrogen-bond acceptors (Lipinski definition) is 5. The van der Waals surface area contributed by atoms with Gasteiger partial charge < -0.3 is 10.1 Å². The highest BCUT2D eigenvalue weighted by Gasteiger charge is 2.36. The van der Waals surface area contributed by atoms with E-state index in [1.165, 1.54) is 11.8 Å². The molecule has 0 spiro atoms. The molecular weight excluding hydrogens is 517 g/mol. The lowest BCUT2D eigenvalue weighted by Gasteiger charge is -2.32. The van der Waals surface area contributed by atoms with Crippen molar-refractivity contribution in [3.05, 3.63) is 88.4 Å². The third kappa shape index (κ3) is 7.03. The summed E-state index contributed by atoms with van der Waals surface area (Å²) in [4.78, 5) is 32.6. The fraction of sp³-hybridized carbons (Fsp3) is 0.222. The predicted octanol–water partition coefficient (Wildman–Crippen LogP) is 6.94. The maximum absolute atomic E-state index is 13.2. The molecule has 0 saturated carbocycles. The molecule has 9 heteroatoms. The lowest BCUT2D eigenvalue weighted by atomic mass is 10.2. The second kappa shape index (κ2) is 12.3. The molecular formula is C27H25Cl2N3O3S. The minimum atomic E-state index is -0.632. The molecule has 1 N–H and O–H groups in total. The maximum atomic E-state index is 13.2. The number of amidine groups is 1. The van der Waals surface area contributed by atoms with Crippen LogP contribution in [0.25, 0.3) is 0 Å². The van der Waals surface area contributed by atoms with Crippen molar-refractivity contribution >= 4 is 63.3 Å². The van der Waals surface area contributed by atoms with Gasteiger partial charge in [0.2, 0.25) is 11.8 Å². The third-order valence-corrected chi connectivity index (χ3v) is 6.99. The quantitative estimate of drug-likeness (QED) is 0.335.